The quantitative estimate of drug-likeness (QED) is 0.610. The second-order valence-corrected chi connectivity index (χ2v) is 6.60. The van der Waals surface area contributed by atoms with E-state index in [0.29, 0.717) is 23.5 Å². The van der Waals surface area contributed by atoms with E-state index in [1.807, 2.05) is 12.1 Å². The molecule has 30 heavy (non-hydrogen) atoms. The number of pyridine rings is 2. The molecule has 150 valence electrons. The second-order valence-electron chi connectivity index (χ2n) is 6.60. The summed E-state index contributed by atoms with van der Waals surface area (Å²) in [4.78, 5) is 46.4. The number of rotatable bonds is 7. The van der Waals surface area contributed by atoms with Crippen LogP contribution in [0.5, 0.6) is 5.75 Å². The van der Waals surface area contributed by atoms with Crippen molar-refractivity contribution in [2.75, 3.05) is 11.9 Å². The molecule has 8 heteroatoms. The Morgan fingerprint density at radius 3 is 2.33 bits per heavy atom. The third-order valence-electron chi connectivity index (χ3n) is 4.61. The van der Waals surface area contributed by atoms with Crippen molar-refractivity contribution in [3.63, 3.8) is 0 Å². The van der Waals surface area contributed by atoms with Gasteiger partial charge in [0, 0.05) is 31.6 Å². The number of aromatic nitrogens is 2. The topological polar surface area (TPSA) is 101 Å². The Kier molecular flexibility index (Phi) is 5.47. The van der Waals surface area contributed by atoms with Gasteiger partial charge in [0.05, 0.1) is 11.1 Å². The van der Waals surface area contributed by atoms with Crippen molar-refractivity contribution in [3.05, 3.63) is 83.8 Å². The molecule has 3 amide bonds. The molecule has 1 aromatic carbocycles. The summed E-state index contributed by atoms with van der Waals surface area (Å²) in [5, 5.41) is 2.68. The molecule has 1 aliphatic rings. The number of anilines is 1. The van der Waals surface area contributed by atoms with Gasteiger partial charge in [-0.2, -0.15) is 0 Å². The first-order valence-corrected chi connectivity index (χ1v) is 9.35. The molecule has 0 radical (unpaired) electrons. The second kappa shape index (κ2) is 8.52. The zero-order chi connectivity index (χ0) is 20.9. The summed E-state index contributed by atoms with van der Waals surface area (Å²) in [5.74, 6) is -0.452. The smallest absolute Gasteiger partial charge is 0.261 e. The standard InChI is InChI=1S/C22H18N4O4/c27-19(9-13-26-21(28)16-4-1-2-5-17(16)22(26)29)25-20-18(6-3-10-24-20)30-14-15-7-11-23-12-8-15/h1-8,10-12H,9,13-14H2,(H,24,25,27). The Morgan fingerprint density at radius 1 is 0.933 bits per heavy atom. The molecule has 0 bridgehead atoms. The monoisotopic (exact) mass is 402 g/mol. The van der Waals surface area contributed by atoms with Crippen molar-refractivity contribution in [2.45, 2.75) is 13.0 Å². The molecular weight excluding hydrogens is 384 g/mol. The lowest BCUT2D eigenvalue weighted by atomic mass is 10.1. The van der Waals surface area contributed by atoms with E-state index in [4.69, 9.17) is 4.74 Å². The lowest BCUT2D eigenvalue weighted by Crippen LogP contribution is -2.33. The van der Waals surface area contributed by atoms with Gasteiger partial charge in [0.1, 0.15) is 6.61 Å². The molecule has 8 nitrogen and oxygen atoms in total. The Bertz CT molecular complexity index is 1070. The number of amides is 3. The van der Waals surface area contributed by atoms with Gasteiger partial charge >= 0.3 is 0 Å². The zero-order valence-corrected chi connectivity index (χ0v) is 15.9. The number of ether oxygens (including phenoxy) is 1. The normalized spacial score (nSPS) is 12.6. The van der Waals surface area contributed by atoms with Gasteiger partial charge in [-0.25, -0.2) is 4.98 Å². The highest BCUT2D eigenvalue weighted by molar-refractivity contribution is 6.21. The highest BCUT2D eigenvalue weighted by Gasteiger charge is 2.35. The number of fused-ring (bicyclic) bond motifs is 1. The average molecular weight is 402 g/mol. The maximum absolute atomic E-state index is 12.4. The lowest BCUT2D eigenvalue weighted by molar-refractivity contribution is -0.116. The first-order chi connectivity index (χ1) is 14.6. The van der Waals surface area contributed by atoms with Crippen molar-refractivity contribution in [1.82, 2.24) is 14.9 Å². The Labute approximate surface area is 172 Å². The number of carbonyl (C=O) groups is 3. The molecule has 0 fully saturated rings. The van der Waals surface area contributed by atoms with Gasteiger partial charge in [-0.1, -0.05) is 12.1 Å². The van der Waals surface area contributed by atoms with Crippen LogP contribution in [0.3, 0.4) is 0 Å². The SMILES string of the molecule is O=C(CCN1C(=O)c2ccccc2C1=O)Nc1ncccc1OCc1ccncc1. The summed E-state index contributed by atoms with van der Waals surface area (Å²) in [7, 11) is 0. The molecule has 0 atom stereocenters. The predicted molar refractivity (Wildman–Crippen MR) is 108 cm³/mol. The van der Waals surface area contributed by atoms with E-state index >= 15 is 0 Å². The van der Waals surface area contributed by atoms with Gasteiger partial charge in [-0.05, 0) is 42.0 Å². The molecule has 4 rings (SSSR count). The number of benzene rings is 1. The third kappa shape index (κ3) is 4.02. The van der Waals surface area contributed by atoms with Crippen LogP contribution in [0, 0.1) is 0 Å². The minimum atomic E-state index is -0.386. The Morgan fingerprint density at radius 2 is 1.63 bits per heavy atom. The predicted octanol–water partition coefficient (Wildman–Crippen LogP) is 2.68. The maximum atomic E-state index is 12.4. The molecular formula is C22H18N4O4. The van der Waals surface area contributed by atoms with Gasteiger partial charge in [0.2, 0.25) is 5.91 Å². The molecule has 0 saturated carbocycles. The van der Waals surface area contributed by atoms with E-state index in [-0.39, 0.29) is 36.5 Å². The van der Waals surface area contributed by atoms with Crippen LogP contribution in [-0.4, -0.2) is 39.1 Å². The van der Waals surface area contributed by atoms with E-state index in [2.05, 4.69) is 15.3 Å². The van der Waals surface area contributed by atoms with Crippen LogP contribution in [0.25, 0.3) is 0 Å². The molecule has 3 aromatic rings. The number of imide groups is 1. The van der Waals surface area contributed by atoms with Crippen LogP contribution in [0.15, 0.2) is 67.1 Å². The first-order valence-electron chi connectivity index (χ1n) is 9.35. The van der Waals surface area contributed by atoms with Gasteiger partial charge in [0.25, 0.3) is 11.8 Å². The van der Waals surface area contributed by atoms with Gasteiger partial charge in [-0.15, -0.1) is 0 Å². The van der Waals surface area contributed by atoms with E-state index in [1.165, 1.54) is 0 Å². The minimum Gasteiger partial charge on any atom is -0.485 e. The molecule has 0 unspecified atom stereocenters. The summed E-state index contributed by atoms with van der Waals surface area (Å²) >= 11 is 0. The first kappa shape index (κ1) is 19.3. The molecule has 1 aliphatic heterocycles. The average Bonchev–Trinajstić information content (AvgIpc) is 3.02. The molecule has 1 N–H and O–H groups in total. The van der Waals surface area contributed by atoms with Crippen LogP contribution in [0.4, 0.5) is 5.82 Å². The van der Waals surface area contributed by atoms with E-state index in [9.17, 15) is 14.4 Å². The van der Waals surface area contributed by atoms with Crippen LogP contribution in [-0.2, 0) is 11.4 Å². The summed E-state index contributed by atoms with van der Waals surface area (Å²) in [6, 6.07) is 13.7. The summed E-state index contributed by atoms with van der Waals surface area (Å²) < 4.78 is 5.75. The summed E-state index contributed by atoms with van der Waals surface area (Å²) in [5.41, 5.74) is 1.65. The molecule has 3 heterocycles. The van der Waals surface area contributed by atoms with Crippen molar-refractivity contribution < 1.29 is 19.1 Å². The van der Waals surface area contributed by atoms with Crippen LogP contribution in [0.1, 0.15) is 32.7 Å². The van der Waals surface area contributed by atoms with Crippen LogP contribution < -0.4 is 10.1 Å². The molecule has 0 spiro atoms. The molecule has 0 saturated heterocycles. The van der Waals surface area contributed by atoms with E-state index in [1.54, 1.807) is 55.0 Å². The molecule has 0 aliphatic carbocycles. The van der Waals surface area contributed by atoms with Crippen molar-refractivity contribution >= 4 is 23.5 Å². The number of hydrogen-bond donors (Lipinski definition) is 1. The number of carbonyl (C=O) groups excluding carboxylic acids is 3. The van der Waals surface area contributed by atoms with Gasteiger partial charge in [0.15, 0.2) is 11.6 Å². The zero-order valence-electron chi connectivity index (χ0n) is 15.9. The minimum absolute atomic E-state index is 0.0157. The van der Waals surface area contributed by atoms with Crippen molar-refractivity contribution in [2.24, 2.45) is 0 Å². The summed E-state index contributed by atoms with van der Waals surface area (Å²) in [6.07, 6.45) is 4.83. The largest absolute Gasteiger partial charge is 0.485 e. The van der Waals surface area contributed by atoms with Crippen LogP contribution in [0.2, 0.25) is 0 Å². The van der Waals surface area contributed by atoms with Gasteiger partial charge < -0.3 is 10.1 Å². The number of nitrogens with zero attached hydrogens (tertiary/aromatic N) is 3. The fourth-order valence-corrected chi connectivity index (χ4v) is 3.09. The van der Waals surface area contributed by atoms with Gasteiger partial charge in [-0.3, -0.25) is 24.3 Å². The summed E-state index contributed by atoms with van der Waals surface area (Å²) in [6.45, 7) is 0.282. The molecule has 2 aromatic heterocycles. The highest BCUT2D eigenvalue weighted by atomic mass is 16.5. The van der Waals surface area contributed by atoms with E-state index < -0.39 is 0 Å². The Balaban J connectivity index is 1.36. The fourth-order valence-electron chi connectivity index (χ4n) is 3.09. The number of hydrogen-bond acceptors (Lipinski definition) is 6. The van der Waals surface area contributed by atoms with Crippen LogP contribution >= 0.6 is 0 Å². The van der Waals surface area contributed by atoms with Crippen molar-refractivity contribution in [1.29, 1.82) is 0 Å². The number of nitrogens with one attached hydrogen (secondary N) is 1. The van der Waals surface area contributed by atoms with E-state index in [0.717, 1.165) is 10.5 Å². The third-order valence-corrected chi connectivity index (χ3v) is 4.61. The Hall–Kier alpha value is -4.07. The lowest BCUT2D eigenvalue weighted by Gasteiger charge is -2.14. The van der Waals surface area contributed by atoms with Crippen molar-refractivity contribution in [3.8, 4) is 5.75 Å². The highest BCUT2D eigenvalue weighted by Crippen LogP contribution is 2.24. The maximum Gasteiger partial charge on any atom is 0.261 e. The fraction of sp³-hybridized carbons (Fsp3) is 0.136.